The van der Waals surface area contributed by atoms with E-state index in [1.54, 1.807) is 36.4 Å². The molecule has 3 aromatic carbocycles. The molecule has 0 aliphatic carbocycles. The highest BCUT2D eigenvalue weighted by molar-refractivity contribution is 9.10. The summed E-state index contributed by atoms with van der Waals surface area (Å²) in [5.74, 6) is -0.584. The van der Waals surface area contributed by atoms with Gasteiger partial charge in [-0.1, -0.05) is 57.4 Å². The Kier molecular flexibility index (Phi) is 7.48. The molecule has 0 aliphatic heterocycles. The lowest BCUT2D eigenvalue weighted by Gasteiger charge is -2.23. The van der Waals surface area contributed by atoms with Crippen LogP contribution >= 0.6 is 27.5 Å². The zero-order valence-electron chi connectivity index (χ0n) is 16.5. The Bertz CT molecular complexity index is 1180. The summed E-state index contributed by atoms with van der Waals surface area (Å²) in [6, 6.07) is 20.0. The quantitative estimate of drug-likeness (QED) is 0.360. The number of hydrazone groups is 1. The van der Waals surface area contributed by atoms with Crippen LogP contribution in [0.25, 0.3) is 0 Å². The van der Waals surface area contributed by atoms with Crippen LogP contribution in [0.15, 0.2) is 87.3 Å². The predicted octanol–water partition coefficient (Wildman–Crippen LogP) is 4.76. The number of benzene rings is 3. The molecule has 0 saturated carbocycles. The molecule has 31 heavy (non-hydrogen) atoms. The number of aryl methyl sites for hydroxylation is 1. The van der Waals surface area contributed by atoms with Gasteiger partial charge in [-0.2, -0.15) is 5.10 Å². The Morgan fingerprint density at radius 1 is 1.03 bits per heavy atom. The summed E-state index contributed by atoms with van der Waals surface area (Å²) in [6.45, 7) is 1.42. The second-order valence-corrected chi connectivity index (χ2v) is 9.86. The molecule has 6 nitrogen and oxygen atoms in total. The first-order valence-electron chi connectivity index (χ1n) is 9.18. The van der Waals surface area contributed by atoms with Gasteiger partial charge in [0, 0.05) is 9.50 Å². The third-order valence-corrected chi connectivity index (χ3v) is 6.85. The number of amides is 1. The molecule has 160 valence electrons. The minimum Gasteiger partial charge on any atom is -0.271 e. The second kappa shape index (κ2) is 10.1. The van der Waals surface area contributed by atoms with Gasteiger partial charge in [0.1, 0.15) is 6.54 Å². The van der Waals surface area contributed by atoms with E-state index in [0.29, 0.717) is 10.7 Å². The molecule has 0 aliphatic rings. The van der Waals surface area contributed by atoms with E-state index in [-0.39, 0.29) is 4.90 Å². The van der Waals surface area contributed by atoms with Crippen molar-refractivity contribution in [2.45, 2.75) is 11.8 Å². The molecular formula is C22H19BrClN3O3S. The first-order valence-corrected chi connectivity index (χ1v) is 11.8. The summed E-state index contributed by atoms with van der Waals surface area (Å²) in [7, 11) is -3.99. The van der Waals surface area contributed by atoms with Crippen molar-refractivity contribution in [3.8, 4) is 0 Å². The Morgan fingerprint density at radius 3 is 2.26 bits per heavy atom. The van der Waals surface area contributed by atoms with Crippen molar-refractivity contribution in [2.24, 2.45) is 5.10 Å². The minimum atomic E-state index is -3.99. The smallest absolute Gasteiger partial charge is 0.264 e. The summed E-state index contributed by atoms with van der Waals surface area (Å²) in [6.07, 6.45) is 1.48. The van der Waals surface area contributed by atoms with Crippen LogP contribution in [0.5, 0.6) is 0 Å². The summed E-state index contributed by atoms with van der Waals surface area (Å²) >= 11 is 9.29. The lowest BCUT2D eigenvalue weighted by atomic mass is 10.2. The molecule has 9 heteroatoms. The Hall–Kier alpha value is -2.68. The van der Waals surface area contributed by atoms with Crippen molar-refractivity contribution in [3.63, 3.8) is 0 Å². The largest absolute Gasteiger partial charge is 0.271 e. The van der Waals surface area contributed by atoms with E-state index in [0.717, 1.165) is 19.9 Å². The molecule has 0 bridgehead atoms. The molecule has 1 amide bonds. The zero-order valence-corrected chi connectivity index (χ0v) is 19.7. The van der Waals surface area contributed by atoms with Crippen molar-refractivity contribution >= 4 is 55.4 Å². The lowest BCUT2D eigenvalue weighted by Crippen LogP contribution is -2.39. The van der Waals surface area contributed by atoms with Crippen LogP contribution in [-0.4, -0.2) is 27.1 Å². The summed E-state index contributed by atoms with van der Waals surface area (Å²) < 4.78 is 28.5. The molecule has 3 aromatic rings. The molecule has 0 radical (unpaired) electrons. The topological polar surface area (TPSA) is 78.8 Å². The number of anilines is 1. The number of nitrogens with one attached hydrogen (secondary N) is 1. The maximum atomic E-state index is 13.3. The van der Waals surface area contributed by atoms with Gasteiger partial charge in [-0.25, -0.2) is 13.8 Å². The van der Waals surface area contributed by atoms with Crippen molar-refractivity contribution < 1.29 is 13.2 Å². The predicted molar refractivity (Wildman–Crippen MR) is 127 cm³/mol. The van der Waals surface area contributed by atoms with E-state index in [2.05, 4.69) is 26.5 Å². The Morgan fingerprint density at radius 2 is 1.65 bits per heavy atom. The molecule has 0 heterocycles. The van der Waals surface area contributed by atoms with E-state index < -0.39 is 22.5 Å². The zero-order chi connectivity index (χ0) is 22.4. The number of hydrogen-bond acceptors (Lipinski definition) is 4. The van der Waals surface area contributed by atoms with Crippen LogP contribution in [0.1, 0.15) is 11.1 Å². The van der Waals surface area contributed by atoms with E-state index >= 15 is 0 Å². The monoisotopic (exact) mass is 519 g/mol. The number of hydrogen-bond donors (Lipinski definition) is 1. The van der Waals surface area contributed by atoms with E-state index in [9.17, 15) is 13.2 Å². The highest BCUT2D eigenvalue weighted by Gasteiger charge is 2.27. The molecule has 0 saturated heterocycles. The Labute approximate surface area is 194 Å². The van der Waals surface area contributed by atoms with Gasteiger partial charge in [-0.05, 0) is 61.0 Å². The van der Waals surface area contributed by atoms with Crippen molar-refractivity contribution in [3.05, 3.63) is 93.4 Å². The van der Waals surface area contributed by atoms with Crippen LogP contribution in [0.3, 0.4) is 0 Å². The number of sulfonamides is 1. The maximum absolute atomic E-state index is 13.3. The van der Waals surface area contributed by atoms with Gasteiger partial charge < -0.3 is 0 Å². The maximum Gasteiger partial charge on any atom is 0.264 e. The van der Waals surface area contributed by atoms with Gasteiger partial charge >= 0.3 is 0 Å². The van der Waals surface area contributed by atoms with E-state index in [4.69, 9.17) is 11.6 Å². The van der Waals surface area contributed by atoms with Crippen molar-refractivity contribution in [1.29, 1.82) is 0 Å². The van der Waals surface area contributed by atoms with Crippen LogP contribution in [0.2, 0.25) is 5.02 Å². The molecule has 0 fully saturated rings. The average molecular weight is 521 g/mol. The third-order valence-electron chi connectivity index (χ3n) is 4.28. The minimum absolute atomic E-state index is 0.0826. The third kappa shape index (κ3) is 6.16. The first-order chi connectivity index (χ1) is 14.8. The van der Waals surface area contributed by atoms with Gasteiger partial charge in [-0.3, -0.25) is 9.10 Å². The highest BCUT2D eigenvalue weighted by atomic mass is 79.9. The first kappa shape index (κ1) is 23.0. The van der Waals surface area contributed by atoms with Crippen molar-refractivity contribution in [1.82, 2.24) is 5.43 Å². The van der Waals surface area contributed by atoms with Crippen LogP contribution < -0.4 is 9.73 Å². The van der Waals surface area contributed by atoms with E-state index in [1.807, 2.05) is 31.2 Å². The molecule has 0 unspecified atom stereocenters. The standard InChI is InChI=1S/C22H19BrClN3O3S/c1-16-2-12-21(13-3-16)31(29,30)27(20-10-8-19(24)9-11-20)15-22(28)26-25-14-17-4-6-18(23)7-5-17/h2-14H,15H2,1H3,(H,26,28)/b25-14-. The summed E-state index contributed by atoms with van der Waals surface area (Å²) in [5.41, 5.74) is 4.40. The number of rotatable bonds is 7. The molecular weight excluding hydrogens is 502 g/mol. The summed E-state index contributed by atoms with van der Waals surface area (Å²) in [5, 5.41) is 4.37. The SMILES string of the molecule is Cc1ccc(S(=O)(=O)N(CC(=O)N/N=C\c2ccc(Br)cc2)c2ccc(Cl)cc2)cc1. The highest BCUT2D eigenvalue weighted by Crippen LogP contribution is 2.25. The van der Waals surface area contributed by atoms with Gasteiger partial charge in [0.2, 0.25) is 0 Å². The van der Waals surface area contributed by atoms with Gasteiger partial charge in [0.15, 0.2) is 0 Å². The number of halogens is 2. The fourth-order valence-corrected chi connectivity index (χ4v) is 4.46. The lowest BCUT2D eigenvalue weighted by molar-refractivity contribution is -0.119. The van der Waals surface area contributed by atoms with Gasteiger partial charge in [-0.15, -0.1) is 0 Å². The number of nitrogens with zero attached hydrogens (tertiary/aromatic N) is 2. The molecule has 3 rings (SSSR count). The van der Waals surface area contributed by atoms with Crippen LogP contribution in [-0.2, 0) is 14.8 Å². The molecule has 0 aromatic heterocycles. The second-order valence-electron chi connectivity index (χ2n) is 6.65. The van der Waals surface area contributed by atoms with Crippen LogP contribution in [0.4, 0.5) is 5.69 Å². The molecule has 0 atom stereocenters. The number of carbonyl (C=O) groups is 1. The molecule has 1 N–H and O–H groups in total. The number of carbonyl (C=O) groups excluding carboxylic acids is 1. The van der Waals surface area contributed by atoms with Gasteiger partial charge in [0.25, 0.3) is 15.9 Å². The fourth-order valence-electron chi connectivity index (χ4n) is 2.65. The van der Waals surface area contributed by atoms with E-state index in [1.165, 1.54) is 18.3 Å². The normalized spacial score (nSPS) is 11.5. The van der Waals surface area contributed by atoms with Crippen LogP contribution in [0, 0.1) is 6.92 Å². The van der Waals surface area contributed by atoms with Crippen molar-refractivity contribution in [2.75, 3.05) is 10.8 Å². The molecule has 0 spiro atoms. The average Bonchev–Trinajstić information content (AvgIpc) is 2.74. The van der Waals surface area contributed by atoms with Gasteiger partial charge in [0.05, 0.1) is 16.8 Å². The Balaban J connectivity index is 1.82. The fraction of sp³-hybridized carbons (Fsp3) is 0.0909. The summed E-state index contributed by atoms with van der Waals surface area (Å²) in [4.78, 5) is 12.6.